The summed E-state index contributed by atoms with van der Waals surface area (Å²) in [6.07, 6.45) is 0.937. The van der Waals surface area contributed by atoms with E-state index in [0.29, 0.717) is 6.07 Å². The third kappa shape index (κ3) is 5.70. The second kappa shape index (κ2) is 8.52. The number of ether oxygens (including phenoxy) is 2. The smallest absolute Gasteiger partial charge is 0.373 e. The molecule has 2 rings (SSSR count). The van der Waals surface area contributed by atoms with Gasteiger partial charge in [0.05, 0.1) is 4.92 Å². The van der Waals surface area contributed by atoms with Gasteiger partial charge in [0, 0.05) is 19.2 Å². The molecule has 0 saturated heterocycles. The quantitative estimate of drug-likeness (QED) is 0.294. The highest BCUT2D eigenvalue weighted by Gasteiger charge is 2.30. The number of aromatic nitrogens is 2. The van der Waals surface area contributed by atoms with Crippen LogP contribution in [0.4, 0.5) is 20.3 Å². The molecule has 1 heterocycles. The summed E-state index contributed by atoms with van der Waals surface area (Å²) in [5, 5.41) is 11.0. The van der Waals surface area contributed by atoms with Gasteiger partial charge < -0.3 is 14.4 Å². The number of nitro groups is 1. The van der Waals surface area contributed by atoms with E-state index in [1.807, 2.05) is 0 Å². The molecule has 9 nitrogen and oxygen atoms in total. The molecule has 0 amide bonds. The summed E-state index contributed by atoms with van der Waals surface area (Å²) in [7, 11) is 1.37. The van der Waals surface area contributed by atoms with E-state index in [1.165, 1.54) is 7.05 Å². The van der Waals surface area contributed by atoms with Crippen molar-refractivity contribution in [2.45, 2.75) is 26.4 Å². The number of anilines is 1. The predicted molar refractivity (Wildman–Crippen MR) is 99.2 cm³/mol. The van der Waals surface area contributed by atoms with Crippen molar-refractivity contribution in [2.24, 2.45) is 0 Å². The molecule has 1 aromatic heterocycles. The molecule has 0 saturated carbocycles. The Morgan fingerprint density at radius 1 is 1.31 bits per heavy atom. The molecule has 156 valence electrons. The summed E-state index contributed by atoms with van der Waals surface area (Å²) < 4.78 is 37.4. The van der Waals surface area contributed by atoms with Crippen molar-refractivity contribution in [1.82, 2.24) is 9.97 Å². The highest BCUT2D eigenvalue weighted by Crippen LogP contribution is 2.38. The minimum Gasteiger partial charge on any atom is -0.459 e. The Hall–Kier alpha value is -3.08. The molecular formula is C17H17ClF2N4O5. The van der Waals surface area contributed by atoms with Gasteiger partial charge in [-0.05, 0) is 20.8 Å². The monoisotopic (exact) mass is 430 g/mol. The van der Waals surface area contributed by atoms with Crippen LogP contribution in [-0.4, -0.2) is 40.1 Å². The largest absolute Gasteiger partial charge is 0.459 e. The van der Waals surface area contributed by atoms with E-state index in [1.54, 1.807) is 20.8 Å². The number of hydrogen-bond acceptors (Lipinski definition) is 8. The minimum absolute atomic E-state index is 0.265. The van der Waals surface area contributed by atoms with Gasteiger partial charge in [0.1, 0.15) is 35.1 Å². The number of carbonyl (C=O) groups excluding carboxylic acids is 1. The molecule has 2 aromatic rings. The summed E-state index contributed by atoms with van der Waals surface area (Å²) in [5.74, 6) is -4.14. The van der Waals surface area contributed by atoms with Gasteiger partial charge in [0.15, 0.2) is 5.75 Å². The van der Waals surface area contributed by atoms with Gasteiger partial charge in [-0.25, -0.2) is 13.8 Å². The van der Waals surface area contributed by atoms with Crippen LogP contribution in [0.2, 0.25) is 5.02 Å². The summed E-state index contributed by atoms with van der Waals surface area (Å²) in [5.41, 5.74) is -1.47. The number of nitrogens with zero attached hydrogens (tertiary/aromatic N) is 4. The number of carbonyl (C=O) groups is 1. The van der Waals surface area contributed by atoms with E-state index in [4.69, 9.17) is 21.1 Å². The minimum atomic E-state index is -1.11. The van der Waals surface area contributed by atoms with Gasteiger partial charge >= 0.3 is 17.5 Å². The predicted octanol–water partition coefficient (Wildman–Crippen LogP) is 3.89. The molecule has 0 spiro atoms. The molecule has 0 unspecified atom stereocenters. The van der Waals surface area contributed by atoms with Crippen molar-refractivity contribution in [1.29, 1.82) is 0 Å². The van der Waals surface area contributed by atoms with E-state index in [0.717, 1.165) is 17.3 Å². The lowest BCUT2D eigenvalue weighted by molar-refractivity contribution is -0.385. The van der Waals surface area contributed by atoms with E-state index in [9.17, 15) is 23.7 Å². The molecule has 0 fully saturated rings. The van der Waals surface area contributed by atoms with Crippen LogP contribution in [0.25, 0.3) is 0 Å². The molecule has 0 aliphatic rings. The lowest BCUT2D eigenvalue weighted by Gasteiger charge is -2.23. The van der Waals surface area contributed by atoms with Crippen LogP contribution in [-0.2, 0) is 9.53 Å². The molecule has 0 N–H and O–H groups in total. The van der Waals surface area contributed by atoms with Gasteiger partial charge in [-0.1, -0.05) is 11.6 Å². The third-order valence-electron chi connectivity index (χ3n) is 3.27. The zero-order valence-electron chi connectivity index (χ0n) is 15.9. The van der Waals surface area contributed by atoms with Crippen LogP contribution < -0.4 is 9.64 Å². The number of benzene rings is 1. The molecule has 0 aliphatic heterocycles. The van der Waals surface area contributed by atoms with E-state index in [-0.39, 0.29) is 12.4 Å². The topological polar surface area (TPSA) is 108 Å². The van der Waals surface area contributed by atoms with E-state index in [2.05, 4.69) is 9.97 Å². The normalized spacial score (nSPS) is 11.1. The molecule has 29 heavy (non-hydrogen) atoms. The number of esters is 1. The fourth-order valence-corrected chi connectivity index (χ4v) is 2.37. The van der Waals surface area contributed by atoms with Crippen molar-refractivity contribution in [2.75, 3.05) is 18.5 Å². The summed E-state index contributed by atoms with van der Waals surface area (Å²) in [6.45, 7) is 4.66. The number of halogens is 3. The summed E-state index contributed by atoms with van der Waals surface area (Å²) in [4.78, 5) is 31.4. The fourth-order valence-electron chi connectivity index (χ4n) is 2.22. The molecule has 12 heteroatoms. The molecular weight excluding hydrogens is 414 g/mol. The van der Waals surface area contributed by atoms with Crippen LogP contribution in [0, 0.1) is 21.7 Å². The number of likely N-dealkylation sites (N-methyl/N-ethyl adjacent to an activating group) is 1. The number of hydrogen-bond donors (Lipinski definition) is 0. The first-order valence-electron chi connectivity index (χ1n) is 8.14. The van der Waals surface area contributed by atoms with Gasteiger partial charge in [0.25, 0.3) is 0 Å². The van der Waals surface area contributed by atoms with Crippen LogP contribution >= 0.6 is 11.6 Å². The Morgan fingerprint density at radius 3 is 2.55 bits per heavy atom. The van der Waals surface area contributed by atoms with Crippen molar-refractivity contribution in [3.63, 3.8) is 0 Å². The first-order valence-corrected chi connectivity index (χ1v) is 8.51. The lowest BCUT2D eigenvalue weighted by atomic mass is 10.2. The first-order chi connectivity index (χ1) is 13.4. The Labute approximate surface area is 169 Å². The average molecular weight is 431 g/mol. The molecule has 0 aliphatic carbocycles. The maximum atomic E-state index is 13.6. The maximum absolute atomic E-state index is 13.6. The van der Waals surface area contributed by atoms with E-state index >= 15 is 0 Å². The molecule has 0 atom stereocenters. The van der Waals surface area contributed by atoms with Gasteiger partial charge in [-0.15, -0.1) is 0 Å². The Kier molecular flexibility index (Phi) is 6.52. The number of rotatable bonds is 6. The van der Waals surface area contributed by atoms with Crippen molar-refractivity contribution in [3.8, 4) is 11.6 Å². The maximum Gasteiger partial charge on any atom is 0.373 e. The van der Waals surface area contributed by atoms with Gasteiger partial charge in [-0.2, -0.15) is 4.98 Å². The molecule has 0 bridgehead atoms. The second-order valence-corrected chi connectivity index (χ2v) is 7.23. The van der Waals surface area contributed by atoms with E-state index < -0.39 is 50.5 Å². The second-order valence-electron chi connectivity index (χ2n) is 6.85. The third-order valence-corrected chi connectivity index (χ3v) is 3.63. The SMILES string of the molecule is CN(CC(=O)OC(C)(C)C)c1ncnc(Oc2cc(F)cc(F)c2Cl)c1[N+](=O)[O-]. The van der Waals surface area contributed by atoms with Crippen LogP contribution in [0.15, 0.2) is 18.5 Å². The van der Waals surface area contributed by atoms with Crippen LogP contribution in [0.5, 0.6) is 11.6 Å². The van der Waals surface area contributed by atoms with Crippen LogP contribution in [0.3, 0.4) is 0 Å². The highest BCUT2D eigenvalue weighted by molar-refractivity contribution is 6.32. The van der Waals surface area contributed by atoms with Crippen molar-refractivity contribution >= 4 is 29.1 Å². The average Bonchev–Trinajstić information content (AvgIpc) is 2.56. The lowest BCUT2D eigenvalue weighted by Crippen LogP contribution is -2.33. The summed E-state index contributed by atoms with van der Waals surface area (Å²) >= 11 is 5.73. The zero-order chi connectivity index (χ0) is 21.9. The first kappa shape index (κ1) is 22.2. The van der Waals surface area contributed by atoms with Gasteiger partial charge in [-0.3, -0.25) is 14.9 Å². The summed E-state index contributed by atoms with van der Waals surface area (Å²) in [6, 6.07) is 1.28. The standard InChI is InChI=1S/C17H17ClF2N4O5/c1-17(2,3)29-12(25)7-23(4)15-14(24(26)27)16(22-8-21-15)28-11-6-9(19)5-10(20)13(11)18/h5-6,8H,7H2,1-4H3. The molecule has 0 radical (unpaired) electrons. The molecule has 1 aromatic carbocycles. The highest BCUT2D eigenvalue weighted by atomic mass is 35.5. The van der Waals surface area contributed by atoms with Crippen molar-refractivity contribution in [3.05, 3.63) is 45.2 Å². The fraction of sp³-hybridized carbons (Fsp3) is 0.353. The Bertz CT molecular complexity index is 952. The van der Waals surface area contributed by atoms with Crippen molar-refractivity contribution < 1.29 is 28.0 Å². The van der Waals surface area contributed by atoms with Crippen LogP contribution in [0.1, 0.15) is 20.8 Å². The van der Waals surface area contributed by atoms with Gasteiger partial charge in [0.2, 0.25) is 5.82 Å². The zero-order valence-corrected chi connectivity index (χ0v) is 16.7. The Morgan fingerprint density at radius 2 is 1.97 bits per heavy atom. The Balaban J connectivity index is 2.40.